The van der Waals surface area contributed by atoms with Gasteiger partial charge in [0.2, 0.25) is 0 Å². The molecule has 0 aliphatic carbocycles. The topological polar surface area (TPSA) is 151 Å². The maximum absolute atomic E-state index is 13.5. The van der Waals surface area contributed by atoms with Crippen LogP contribution in [0.3, 0.4) is 0 Å². The minimum Gasteiger partial charge on any atom is -0.494 e. The van der Waals surface area contributed by atoms with E-state index in [9.17, 15) is 19.2 Å². The summed E-state index contributed by atoms with van der Waals surface area (Å²) in [6.07, 6.45) is 4.75. The van der Waals surface area contributed by atoms with Gasteiger partial charge in [-0.1, -0.05) is 18.2 Å². The second-order valence-corrected chi connectivity index (χ2v) is 9.54. The van der Waals surface area contributed by atoms with Crippen molar-refractivity contribution in [1.82, 2.24) is 29.5 Å². The number of aromatic nitrogens is 4. The van der Waals surface area contributed by atoms with Crippen LogP contribution in [0.2, 0.25) is 0 Å². The van der Waals surface area contributed by atoms with Crippen LogP contribution in [0, 0.1) is 0 Å². The van der Waals surface area contributed by atoms with E-state index in [0.29, 0.717) is 40.3 Å². The average molecular weight is 545 g/mol. The summed E-state index contributed by atoms with van der Waals surface area (Å²) in [5.41, 5.74) is 1.72. The number of H-pyrrole nitrogens is 1. The molecule has 40 heavy (non-hydrogen) atoms. The molecule has 3 aromatic heterocycles. The lowest BCUT2D eigenvalue weighted by Crippen LogP contribution is -2.56. The van der Waals surface area contributed by atoms with Crippen LogP contribution in [0.5, 0.6) is 5.75 Å². The monoisotopic (exact) mass is 544 g/mol. The maximum Gasteiger partial charge on any atom is 0.303 e. The molecule has 2 N–H and O–H groups in total. The zero-order chi connectivity index (χ0) is 28.4. The standard InChI is InChI=1S/C28H28N6O6/c1-17-16-32(12-13-33(17)27(38)18-6-4-3-5-7-18)28(39)25(37)20-14-29-24-23(20)21(40-2)15-30-26(24)34-11-10-19(31-34)8-9-22(35)36/h3-7,10-11,14-15,17,29H,8-9,12-13,16H2,1-2H3,(H,35,36)/t17-/m1/s1. The number of nitrogens with one attached hydrogen (secondary N) is 1. The molecule has 1 aliphatic heterocycles. The molecule has 0 radical (unpaired) electrons. The third-order valence-corrected chi connectivity index (χ3v) is 6.97. The van der Waals surface area contributed by atoms with E-state index in [0.717, 1.165) is 0 Å². The number of benzene rings is 1. The van der Waals surface area contributed by atoms with Gasteiger partial charge in [-0.3, -0.25) is 19.2 Å². The third-order valence-electron chi connectivity index (χ3n) is 6.97. The molecule has 206 valence electrons. The van der Waals surface area contributed by atoms with E-state index < -0.39 is 17.7 Å². The normalized spacial score (nSPS) is 15.3. The molecular weight excluding hydrogens is 516 g/mol. The number of hydrogen-bond donors (Lipinski definition) is 2. The number of piperazine rings is 1. The number of aryl methyl sites for hydroxylation is 1. The largest absolute Gasteiger partial charge is 0.494 e. The Morgan fingerprint density at radius 3 is 2.60 bits per heavy atom. The quantitative estimate of drug-likeness (QED) is 0.253. The Bertz CT molecular complexity index is 1590. The van der Waals surface area contributed by atoms with Crippen molar-refractivity contribution in [2.75, 3.05) is 26.7 Å². The first kappa shape index (κ1) is 26.6. The highest BCUT2D eigenvalue weighted by atomic mass is 16.5. The number of aromatic amines is 1. The van der Waals surface area contributed by atoms with Gasteiger partial charge in [-0.2, -0.15) is 5.10 Å². The Labute approximate surface area is 229 Å². The first-order valence-corrected chi connectivity index (χ1v) is 12.8. The van der Waals surface area contributed by atoms with Gasteiger partial charge in [-0.15, -0.1) is 0 Å². The van der Waals surface area contributed by atoms with Crippen LogP contribution >= 0.6 is 0 Å². The van der Waals surface area contributed by atoms with Gasteiger partial charge < -0.3 is 24.6 Å². The summed E-state index contributed by atoms with van der Waals surface area (Å²) < 4.78 is 6.95. The fraction of sp³-hybridized carbons (Fsp3) is 0.286. The molecule has 12 nitrogen and oxygen atoms in total. The van der Waals surface area contributed by atoms with E-state index in [-0.39, 0.29) is 43.4 Å². The molecule has 2 amide bonds. The zero-order valence-electron chi connectivity index (χ0n) is 22.0. The number of rotatable bonds is 8. The van der Waals surface area contributed by atoms with E-state index in [1.807, 2.05) is 13.0 Å². The van der Waals surface area contributed by atoms with Gasteiger partial charge in [0.25, 0.3) is 17.6 Å². The Balaban J connectivity index is 1.37. The predicted octanol–water partition coefficient (Wildman–Crippen LogP) is 2.33. The van der Waals surface area contributed by atoms with Gasteiger partial charge in [-0.25, -0.2) is 9.67 Å². The fourth-order valence-electron chi connectivity index (χ4n) is 4.91. The number of amides is 2. The molecule has 4 aromatic rings. The molecule has 1 aliphatic rings. The molecule has 1 aromatic carbocycles. The van der Waals surface area contributed by atoms with Crippen LogP contribution in [0.15, 0.2) is 55.0 Å². The second kappa shape index (κ2) is 11.0. The number of carbonyl (C=O) groups is 4. The van der Waals surface area contributed by atoms with Crippen LogP contribution in [-0.2, 0) is 16.0 Å². The van der Waals surface area contributed by atoms with Gasteiger partial charge in [0.15, 0.2) is 5.82 Å². The number of hydrogen-bond acceptors (Lipinski definition) is 7. The molecule has 1 atom stereocenters. The molecule has 5 rings (SSSR count). The van der Waals surface area contributed by atoms with Crippen LogP contribution < -0.4 is 4.74 Å². The molecular formula is C28H28N6O6. The van der Waals surface area contributed by atoms with Crippen molar-refractivity contribution in [3.8, 4) is 11.6 Å². The fourth-order valence-corrected chi connectivity index (χ4v) is 4.91. The van der Waals surface area contributed by atoms with Crippen molar-refractivity contribution in [1.29, 1.82) is 0 Å². The minimum atomic E-state index is -0.921. The zero-order valence-corrected chi connectivity index (χ0v) is 22.0. The second-order valence-electron chi connectivity index (χ2n) is 9.54. The summed E-state index contributed by atoms with van der Waals surface area (Å²) in [6.45, 7) is 2.61. The van der Waals surface area contributed by atoms with E-state index in [4.69, 9.17) is 9.84 Å². The number of ether oxygens (including phenoxy) is 1. The number of methoxy groups -OCH3 is 1. The first-order valence-electron chi connectivity index (χ1n) is 12.8. The van der Waals surface area contributed by atoms with Gasteiger partial charge in [-0.05, 0) is 25.1 Å². The highest BCUT2D eigenvalue weighted by molar-refractivity contribution is 6.45. The Kier molecular flexibility index (Phi) is 7.32. The molecule has 0 spiro atoms. The van der Waals surface area contributed by atoms with Gasteiger partial charge >= 0.3 is 5.97 Å². The number of pyridine rings is 1. The SMILES string of the molecule is COc1cnc(-n2ccc(CCC(=O)O)n2)c2[nH]cc(C(=O)C(=O)N3CCN(C(=O)c4ccccc4)[C@H](C)C3)c12. The maximum atomic E-state index is 13.5. The van der Waals surface area contributed by atoms with Crippen molar-refractivity contribution in [2.24, 2.45) is 0 Å². The van der Waals surface area contributed by atoms with Crippen molar-refractivity contribution in [2.45, 2.75) is 25.8 Å². The Hall–Kier alpha value is -5.00. The lowest BCUT2D eigenvalue weighted by molar-refractivity contribution is -0.137. The molecule has 12 heteroatoms. The van der Waals surface area contributed by atoms with Crippen molar-refractivity contribution >= 4 is 34.5 Å². The van der Waals surface area contributed by atoms with Crippen molar-refractivity contribution < 1.29 is 29.0 Å². The van der Waals surface area contributed by atoms with E-state index in [1.54, 1.807) is 41.4 Å². The minimum absolute atomic E-state index is 0.0565. The van der Waals surface area contributed by atoms with E-state index >= 15 is 0 Å². The van der Waals surface area contributed by atoms with Crippen LogP contribution in [0.25, 0.3) is 16.7 Å². The Morgan fingerprint density at radius 2 is 1.90 bits per heavy atom. The van der Waals surface area contributed by atoms with Gasteiger partial charge in [0, 0.05) is 50.1 Å². The lowest BCUT2D eigenvalue weighted by atomic mass is 10.1. The molecule has 4 heterocycles. The number of Topliss-reactive ketones (excluding diaryl/α,β-unsaturated/α-hetero) is 1. The highest BCUT2D eigenvalue weighted by Crippen LogP contribution is 2.32. The summed E-state index contributed by atoms with van der Waals surface area (Å²) in [5, 5.41) is 13.7. The van der Waals surface area contributed by atoms with Crippen molar-refractivity contribution in [3.63, 3.8) is 0 Å². The molecule has 0 unspecified atom stereocenters. The van der Waals surface area contributed by atoms with Gasteiger partial charge in [0.05, 0.1) is 41.9 Å². The first-order chi connectivity index (χ1) is 19.3. The Morgan fingerprint density at radius 1 is 1.12 bits per heavy atom. The summed E-state index contributed by atoms with van der Waals surface area (Å²) in [4.78, 5) is 61.3. The number of ketones is 1. The smallest absolute Gasteiger partial charge is 0.303 e. The summed E-state index contributed by atoms with van der Waals surface area (Å²) in [7, 11) is 1.45. The number of nitrogens with zero attached hydrogens (tertiary/aromatic N) is 5. The van der Waals surface area contributed by atoms with E-state index in [2.05, 4.69) is 15.1 Å². The molecule has 0 saturated carbocycles. The number of carboxylic acids is 1. The third kappa shape index (κ3) is 5.03. The molecule has 0 bridgehead atoms. The van der Waals surface area contributed by atoms with Crippen LogP contribution in [0.4, 0.5) is 0 Å². The highest BCUT2D eigenvalue weighted by Gasteiger charge is 2.34. The summed E-state index contributed by atoms with van der Waals surface area (Å²) >= 11 is 0. The van der Waals surface area contributed by atoms with Gasteiger partial charge in [0.1, 0.15) is 5.75 Å². The number of carboxylic acid groups (broad SMARTS) is 1. The molecule has 1 fully saturated rings. The van der Waals surface area contributed by atoms with Crippen LogP contribution in [-0.4, -0.2) is 91.0 Å². The lowest BCUT2D eigenvalue weighted by Gasteiger charge is -2.39. The van der Waals surface area contributed by atoms with Crippen LogP contribution in [0.1, 0.15) is 39.8 Å². The van der Waals surface area contributed by atoms with Crippen molar-refractivity contribution in [3.05, 3.63) is 71.8 Å². The molecule has 1 saturated heterocycles. The average Bonchev–Trinajstić information content (AvgIpc) is 3.63. The number of fused-ring (bicyclic) bond motifs is 1. The number of carbonyl (C=O) groups excluding carboxylic acids is 3. The summed E-state index contributed by atoms with van der Waals surface area (Å²) in [6, 6.07) is 10.4. The summed E-state index contributed by atoms with van der Waals surface area (Å²) in [5.74, 6) is -1.74. The van der Waals surface area contributed by atoms with E-state index in [1.165, 1.54) is 29.1 Å². The predicted molar refractivity (Wildman–Crippen MR) is 144 cm³/mol. The number of aliphatic carboxylic acids is 1.